The topological polar surface area (TPSA) is 86.7 Å². The van der Waals surface area contributed by atoms with Crippen LogP contribution in [0.3, 0.4) is 0 Å². The Bertz CT molecular complexity index is 9260. The normalized spacial score (nSPS) is 12.3. The number of fused-ring (bicyclic) bond motifs is 15. The zero-order chi connectivity index (χ0) is 96.2. The number of aliphatic imine (C=N–C) groups is 1. The molecule has 5 aromatic heterocycles. The summed E-state index contributed by atoms with van der Waals surface area (Å²) in [6.07, 6.45) is 2.77. The van der Waals surface area contributed by atoms with Gasteiger partial charge in [0.15, 0.2) is 11.6 Å². The van der Waals surface area contributed by atoms with Gasteiger partial charge in [-0.3, -0.25) is 9.98 Å². The first-order valence-electron chi connectivity index (χ1n) is 49.7. The number of hydrogen-bond donors (Lipinski definition) is 0. The first-order chi connectivity index (χ1) is 71.9. The lowest BCUT2D eigenvalue weighted by molar-refractivity contribution is 1.07. The highest BCUT2D eigenvalue weighted by molar-refractivity contribution is 6.22. The van der Waals surface area contributed by atoms with Crippen LogP contribution < -0.4 is 0 Å². The molecule has 1 aliphatic rings. The van der Waals surface area contributed by atoms with Gasteiger partial charge in [-0.15, -0.1) is 0 Å². The van der Waals surface area contributed by atoms with E-state index in [0.717, 1.165) is 113 Å². The van der Waals surface area contributed by atoms with Crippen LogP contribution in [0.25, 0.3) is 243 Å². The van der Waals surface area contributed by atoms with Crippen LogP contribution in [0, 0.1) is 0 Å². The van der Waals surface area contributed by atoms with Gasteiger partial charge in [0.2, 0.25) is 0 Å². The number of aromatic nitrogens is 7. The Morgan fingerprint density at radius 2 is 0.531 bits per heavy atom. The molecule has 27 aromatic rings. The van der Waals surface area contributed by atoms with E-state index < -0.39 is 0 Å². The third kappa shape index (κ3) is 16.0. The summed E-state index contributed by atoms with van der Waals surface area (Å²) in [5.41, 5.74) is 33.3. The summed E-state index contributed by atoms with van der Waals surface area (Å²) in [6.45, 7) is 2.21. The van der Waals surface area contributed by atoms with Crippen molar-refractivity contribution in [1.82, 2.24) is 34.1 Å². The number of rotatable bonds is 15. The molecule has 0 aliphatic carbocycles. The van der Waals surface area contributed by atoms with Gasteiger partial charge in [-0.05, 0) is 212 Å². The Morgan fingerprint density at radius 1 is 0.214 bits per heavy atom. The van der Waals surface area contributed by atoms with Crippen molar-refractivity contribution in [2.45, 2.75) is 19.3 Å². The molecule has 8 nitrogen and oxygen atoms in total. The molecule has 0 saturated heterocycles. The minimum atomic E-state index is 0.227. The van der Waals surface area contributed by atoms with Gasteiger partial charge < -0.3 is 9.13 Å². The molecule has 0 N–H and O–H groups in total. The van der Waals surface area contributed by atoms with Crippen molar-refractivity contribution in [3.05, 3.63) is 533 Å². The molecule has 680 valence electrons. The fourth-order valence-electron chi connectivity index (χ4n) is 22.0. The van der Waals surface area contributed by atoms with E-state index >= 15 is 0 Å². The largest absolute Gasteiger partial charge is 0.309 e. The van der Waals surface area contributed by atoms with Crippen LogP contribution in [0.2, 0.25) is 0 Å². The van der Waals surface area contributed by atoms with Crippen LogP contribution in [0.15, 0.2) is 527 Å². The second kappa shape index (κ2) is 37.3. The van der Waals surface area contributed by atoms with Gasteiger partial charge in [0.25, 0.3) is 0 Å². The first kappa shape index (κ1) is 86.3. The lowest BCUT2D eigenvalue weighted by atomic mass is 9.84. The van der Waals surface area contributed by atoms with Crippen LogP contribution in [0.4, 0.5) is 5.69 Å². The van der Waals surface area contributed by atoms with Crippen molar-refractivity contribution in [3.63, 3.8) is 0 Å². The molecule has 1 aliphatic heterocycles. The summed E-state index contributed by atoms with van der Waals surface area (Å²) in [5.74, 6) is 1.60. The Kier molecular flexibility index (Phi) is 22.2. The highest BCUT2D eigenvalue weighted by Gasteiger charge is 2.29. The van der Waals surface area contributed by atoms with Crippen molar-refractivity contribution in [3.8, 4) is 135 Å². The summed E-state index contributed by atoms with van der Waals surface area (Å²) >= 11 is 0. The minimum Gasteiger partial charge on any atom is -0.309 e. The molecule has 145 heavy (non-hydrogen) atoms. The van der Waals surface area contributed by atoms with Gasteiger partial charge in [0.05, 0.1) is 56.2 Å². The van der Waals surface area contributed by atoms with Crippen LogP contribution in [-0.4, -0.2) is 39.8 Å². The van der Waals surface area contributed by atoms with E-state index in [0.29, 0.717) is 11.6 Å². The quantitative estimate of drug-likeness (QED) is 0.0754. The molecule has 22 aromatic carbocycles. The van der Waals surface area contributed by atoms with Gasteiger partial charge in [-0.2, -0.15) is 0 Å². The molecule has 0 bridgehead atoms. The predicted molar refractivity (Wildman–Crippen MR) is 607 cm³/mol. The Labute approximate surface area is 839 Å². The number of pyridine rings is 1. The molecule has 0 radical (unpaired) electrons. The van der Waals surface area contributed by atoms with Gasteiger partial charge in [0, 0.05) is 89.7 Å². The smallest absolute Gasteiger partial charge is 0.160 e. The number of para-hydroxylation sites is 5. The average molecular weight is 1850 g/mol. The number of hydrogen-bond acceptors (Lipinski definition) is 6. The lowest BCUT2D eigenvalue weighted by Gasteiger charge is -2.19. The Hall–Kier alpha value is -19.0. The molecule has 6 heterocycles. The Morgan fingerprint density at radius 3 is 0.972 bits per heavy atom. The zero-order valence-corrected chi connectivity index (χ0v) is 79.5. The van der Waals surface area contributed by atoms with Gasteiger partial charge in [-0.1, -0.05) is 438 Å². The predicted octanol–water partition coefficient (Wildman–Crippen LogP) is 36.1. The molecule has 0 fully saturated rings. The Balaban J connectivity index is 0.000000112. The van der Waals surface area contributed by atoms with Crippen molar-refractivity contribution >= 4 is 120 Å². The van der Waals surface area contributed by atoms with E-state index in [4.69, 9.17) is 24.9 Å². The summed E-state index contributed by atoms with van der Waals surface area (Å²) in [4.78, 5) is 30.6. The van der Waals surface area contributed by atoms with Crippen molar-refractivity contribution in [1.29, 1.82) is 0 Å². The van der Waals surface area contributed by atoms with E-state index in [9.17, 15) is 0 Å². The first-order valence-corrected chi connectivity index (χ1v) is 49.7. The van der Waals surface area contributed by atoms with Crippen LogP contribution >= 0.6 is 0 Å². The molecule has 0 spiro atoms. The third-order valence-electron chi connectivity index (χ3n) is 28.8. The summed E-state index contributed by atoms with van der Waals surface area (Å²) in [7, 11) is 0. The van der Waals surface area contributed by atoms with Gasteiger partial charge in [-0.25, -0.2) is 19.9 Å². The fraction of sp³-hybridized carbons (Fsp3) is 0.0219. The van der Waals surface area contributed by atoms with Crippen LogP contribution in [0.1, 0.15) is 30.4 Å². The monoisotopic (exact) mass is 1850 g/mol. The molecule has 0 amide bonds. The summed E-state index contributed by atoms with van der Waals surface area (Å²) in [6, 6.07) is 184. The molecule has 1 atom stereocenters. The maximum absolute atomic E-state index is 5.33. The molecular formula is C137H92N8. The summed E-state index contributed by atoms with van der Waals surface area (Å²) < 4.78 is 4.79. The standard InChI is InChI=1S/C52H34N4.C43H27N3.C42H31N/c1-3-15-35(16-4-1)36-27-29-37(30-28-36)46-34-47(54-52(53-46)38-17-5-2-6-18-38)39-31-40(55-48-23-11-7-19-42(48)43-20-8-12-24-49(43)55)33-41(32-39)56-50-25-13-9-21-44(50)45-22-10-14-26-51(45)56;1-3-13-32-30(11-1)25-38(36-17-7-5-15-34(32)36)41-27-42(39-26-31-12-2-4-14-33(31)35-16-6-8-18-37(35)39)46-43(45-41)29-22-20-28(21-23-29)40-19-9-10-24-44-40;1-2-38-42(37-18-10-11-19-39(37)43-38)32-26-24-31(25-27-32)41-35-16-8-6-14-33(35)40(34-15-7-9-17-36(34)41)30-22-20-29(21-23-30)28-12-4-3-5-13-28/h1-34H;1-27H;3-27,42H,2H2,1H3. The fourth-order valence-corrected chi connectivity index (χ4v) is 22.0. The van der Waals surface area contributed by atoms with E-state index in [-0.39, 0.29) is 5.92 Å². The van der Waals surface area contributed by atoms with Crippen molar-refractivity contribution in [2.75, 3.05) is 0 Å². The molecule has 1 unspecified atom stereocenters. The SMILES string of the molecule is CCC1=Nc2ccccc2C1c1ccc(-c2c3ccccc3c(-c3ccc(-c4ccccc4)cc3)c3ccccc23)cc1.c1ccc(-c2ccc(-c3cc(-c4cc(-n5c6ccccc6c6ccccc65)cc(-n5c6ccccc6c6ccccc65)c4)nc(-c4ccccc4)n3)cc2)cc1.c1ccc(-c2ccc(-c3nc(-c4cc5ccccc5c5ccccc45)cc(-c4cc5ccccc5c5ccccc45)n3)cc2)nc1. The van der Waals surface area contributed by atoms with Gasteiger partial charge in [0.1, 0.15) is 0 Å². The van der Waals surface area contributed by atoms with Crippen molar-refractivity contribution in [2.24, 2.45) is 4.99 Å². The summed E-state index contributed by atoms with van der Waals surface area (Å²) in [5, 5.41) is 19.6. The van der Waals surface area contributed by atoms with Gasteiger partial charge >= 0.3 is 0 Å². The maximum Gasteiger partial charge on any atom is 0.160 e. The van der Waals surface area contributed by atoms with E-state index in [1.165, 1.54) is 148 Å². The highest BCUT2D eigenvalue weighted by atomic mass is 15.0. The van der Waals surface area contributed by atoms with Crippen LogP contribution in [-0.2, 0) is 0 Å². The van der Waals surface area contributed by atoms with Crippen LogP contribution in [0.5, 0.6) is 0 Å². The van der Waals surface area contributed by atoms with E-state index in [2.05, 4.69) is 494 Å². The molecule has 8 heteroatoms. The average Bonchev–Trinajstić information content (AvgIpc) is 1.70. The third-order valence-corrected chi connectivity index (χ3v) is 28.8. The zero-order valence-electron chi connectivity index (χ0n) is 79.5. The second-order valence-electron chi connectivity index (χ2n) is 37.2. The number of benzene rings is 22. The number of nitrogens with zero attached hydrogens (tertiary/aromatic N) is 8. The minimum absolute atomic E-state index is 0.227. The molecule has 28 rings (SSSR count). The van der Waals surface area contributed by atoms with Crippen molar-refractivity contribution < 1.29 is 0 Å². The van der Waals surface area contributed by atoms with E-state index in [1.807, 2.05) is 48.7 Å². The molecular weight excluding hydrogens is 1760 g/mol. The highest BCUT2D eigenvalue weighted by Crippen LogP contribution is 2.49. The second-order valence-corrected chi connectivity index (χ2v) is 37.2. The van der Waals surface area contributed by atoms with E-state index in [1.54, 1.807) is 0 Å². The lowest BCUT2D eigenvalue weighted by Crippen LogP contribution is -2.08. The maximum atomic E-state index is 5.33. The molecule has 0 saturated carbocycles.